The normalized spacial score (nSPS) is 12.8. The number of hydrogen-bond donors (Lipinski definition) is 1. The van der Waals surface area contributed by atoms with Gasteiger partial charge < -0.3 is 10.2 Å². The van der Waals surface area contributed by atoms with Gasteiger partial charge in [-0.2, -0.15) is 0 Å². The quantitative estimate of drug-likeness (QED) is 0.805. The lowest BCUT2D eigenvalue weighted by Gasteiger charge is -2.07. The maximum atomic E-state index is 12.1. The molecule has 0 saturated carbocycles. The molecular weight excluding hydrogens is 238 g/mol. The van der Waals surface area contributed by atoms with Crippen LogP contribution < -0.4 is 5.73 Å². The Hall–Kier alpha value is -1.61. The monoisotopic (exact) mass is 259 g/mol. The van der Waals surface area contributed by atoms with Crippen molar-refractivity contribution in [3.05, 3.63) is 35.6 Å². The molecule has 1 unspecified atom stereocenters. The molecule has 2 N–H and O–H groups in total. The van der Waals surface area contributed by atoms with Crippen LogP contribution in [0.2, 0.25) is 0 Å². The smallest absolute Gasteiger partial charge is 0.198 e. The van der Waals surface area contributed by atoms with Gasteiger partial charge in [0.15, 0.2) is 11.5 Å². The number of ketones is 1. The van der Waals surface area contributed by atoms with E-state index in [1.54, 1.807) is 0 Å². The van der Waals surface area contributed by atoms with Gasteiger partial charge >= 0.3 is 0 Å². The molecule has 1 aromatic heterocycles. The maximum Gasteiger partial charge on any atom is 0.198 e. The largest absolute Gasteiger partial charge is 0.453 e. The summed E-state index contributed by atoms with van der Waals surface area (Å²) in [5, 5.41) is 0.998. The van der Waals surface area contributed by atoms with Gasteiger partial charge in [0.25, 0.3) is 0 Å². The summed E-state index contributed by atoms with van der Waals surface area (Å²) < 4.78 is 5.68. The summed E-state index contributed by atoms with van der Waals surface area (Å²) in [6, 6.07) is 7.78. The third kappa shape index (κ3) is 3.24. The zero-order valence-corrected chi connectivity index (χ0v) is 11.6. The van der Waals surface area contributed by atoms with Gasteiger partial charge in [0.1, 0.15) is 5.58 Å². The van der Waals surface area contributed by atoms with Crippen molar-refractivity contribution in [1.29, 1.82) is 0 Å². The summed E-state index contributed by atoms with van der Waals surface area (Å²) >= 11 is 0. The Morgan fingerprint density at radius 3 is 2.84 bits per heavy atom. The van der Waals surface area contributed by atoms with Crippen LogP contribution in [-0.4, -0.2) is 12.3 Å². The molecule has 1 atom stereocenters. The highest BCUT2D eigenvalue weighted by Gasteiger charge is 2.14. The van der Waals surface area contributed by atoms with Crippen LogP contribution in [0.5, 0.6) is 0 Å². The predicted molar refractivity (Wildman–Crippen MR) is 77.4 cm³/mol. The molecule has 0 fully saturated rings. The van der Waals surface area contributed by atoms with Crippen LogP contribution in [0.25, 0.3) is 11.0 Å². The summed E-state index contributed by atoms with van der Waals surface area (Å²) in [6.45, 7) is 4.80. The Kier molecular flexibility index (Phi) is 4.38. The van der Waals surface area contributed by atoms with E-state index in [2.05, 4.69) is 6.92 Å². The molecule has 0 bridgehead atoms. The molecule has 1 aromatic carbocycles. The summed E-state index contributed by atoms with van der Waals surface area (Å²) in [5.41, 5.74) is 7.39. The predicted octanol–water partition coefficient (Wildman–Crippen LogP) is 3.69. The summed E-state index contributed by atoms with van der Waals surface area (Å²) in [5.74, 6) is 1.05. The van der Waals surface area contributed by atoms with Gasteiger partial charge in [-0.25, -0.2) is 0 Å². The standard InChI is InChI=1S/C16H21NO2/c1-11(8-9-17)6-7-14(18)15-10-13-5-3-4-12(2)16(13)19-15/h3-5,10-11H,6-9,17H2,1-2H3. The second-order valence-electron chi connectivity index (χ2n) is 5.25. The van der Waals surface area contributed by atoms with Gasteiger partial charge in [-0.1, -0.05) is 25.1 Å². The van der Waals surface area contributed by atoms with Crippen molar-refractivity contribution in [2.75, 3.05) is 6.54 Å². The number of hydrogen-bond acceptors (Lipinski definition) is 3. The van der Waals surface area contributed by atoms with Gasteiger partial charge in [-0.3, -0.25) is 4.79 Å². The fraction of sp³-hybridized carbons (Fsp3) is 0.438. The van der Waals surface area contributed by atoms with Crippen LogP contribution in [0, 0.1) is 12.8 Å². The van der Waals surface area contributed by atoms with E-state index in [-0.39, 0.29) is 5.78 Å². The van der Waals surface area contributed by atoms with Gasteiger partial charge in [-0.15, -0.1) is 0 Å². The average molecular weight is 259 g/mol. The molecule has 19 heavy (non-hydrogen) atoms. The van der Waals surface area contributed by atoms with Crippen LogP contribution in [0.1, 0.15) is 42.3 Å². The maximum absolute atomic E-state index is 12.1. The molecule has 0 spiro atoms. The number of carbonyl (C=O) groups excluding carboxylic acids is 1. The minimum Gasteiger partial charge on any atom is -0.453 e. The first-order valence-electron chi connectivity index (χ1n) is 6.84. The number of benzene rings is 1. The zero-order chi connectivity index (χ0) is 13.8. The first kappa shape index (κ1) is 13.8. The highest BCUT2D eigenvalue weighted by Crippen LogP contribution is 2.24. The van der Waals surface area contributed by atoms with E-state index < -0.39 is 0 Å². The van der Waals surface area contributed by atoms with Crippen LogP contribution in [0.3, 0.4) is 0 Å². The number of Topliss-reactive ketones (excluding diaryl/α,β-unsaturated/α-hetero) is 1. The SMILES string of the molecule is Cc1cccc2cc(C(=O)CCC(C)CCN)oc12. The van der Waals surface area contributed by atoms with Crippen molar-refractivity contribution in [3.8, 4) is 0 Å². The van der Waals surface area contributed by atoms with Crippen molar-refractivity contribution in [3.63, 3.8) is 0 Å². The molecule has 3 heteroatoms. The lowest BCUT2D eigenvalue weighted by molar-refractivity contribution is 0.0949. The van der Waals surface area contributed by atoms with E-state index in [9.17, 15) is 4.79 Å². The highest BCUT2D eigenvalue weighted by molar-refractivity contribution is 5.98. The number of rotatable bonds is 6. The second-order valence-corrected chi connectivity index (χ2v) is 5.25. The third-order valence-corrected chi connectivity index (χ3v) is 3.54. The molecular formula is C16H21NO2. The summed E-state index contributed by atoms with van der Waals surface area (Å²) in [6.07, 6.45) is 2.36. The minimum absolute atomic E-state index is 0.0828. The number of carbonyl (C=O) groups is 1. The number of aryl methyl sites for hydroxylation is 1. The van der Waals surface area contributed by atoms with Crippen molar-refractivity contribution >= 4 is 16.8 Å². The Morgan fingerprint density at radius 2 is 2.16 bits per heavy atom. The Morgan fingerprint density at radius 1 is 1.37 bits per heavy atom. The van der Waals surface area contributed by atoms with Crippen molar-refractivity contribution in [2.45, 2.75) is 33.1 Å². The van der Waals surface area contributed by atoms with E-state index in [1.807, 2.05) is 31.2 Å². The molecule has 0 saturated heterocycles. The highest BCUT2D eigenvalue weighted by atomic mass is 16.3. The lowest BCUT2D eigenvalue weighted by Crippen LogP contribution is -2.07. The van der Waals surface area contributed by atoms with Crippen molar-refractivity contribution in [1.82, 2.24) is 0 Å². The number of fused-ring (bicyclic) bond motifs is 1. The fourth-order valence-corrected chi connectivity index (χ4v) is 2.28. The Bertz CT molecular complexity index is 571. The van der Waals surface area contributed by atoms with Crippen molar-refractivity contribution < 1.29 is 9.21 Å². The summed E-state index contributed by atoms with van der Waals surface area (Å²) in [7, 11) is 0. The third-order valence-electron chi connectivity index (χ3n) is 3.54. The molecule has 102 valence electrons. The zero-order valence-electron chi connectivity index (χ0n) is 11.6. The molecule has 0 aliphatic carbocycles. The molecule has 0 aliphatic rings. The van der Waals surface area contributed by atoms with Gasteiger partial charge in [0, 0.05) is 11.8 Å². The van der Waals surface area contributed by atoms with E-state index in [4.69, 9.17) is 10.2 Å². The van der Waals surface area contributed by atoms with Gasteiger partial charge in [0.2, 0.25) is 0 Å². The van der Waals surface area contributed by atoms with Crippen LogP contribution in [0.4, 0.5) is 0 Å². The number of nitrogens with two attached hydrogens (primary N) is 1. The van der Waals surface area contributed by atoms with Crippen LogP contribution in [-0.2, 0) is 0 Å². The molecule has 2 rings (SSSR count). The summed E-state index contributed by atoms with van der Waals surface area (Å²) in [4.78, 5) is 12.1. The Labute approximate surface area is 113 Å². The van der Waals surface area contributed by atoms with E-state index in [1.165, 1.54) is 0 Å². The van der Waals surface area contributed by atoms with E-state index >= 15 is 0 Å². The lowest BCUT2D eigenvalue weighted by atomic mass is 9.99. The minimum atomic E-state index is 0.0828. The van der Waals surface area contributed by atoms with Crippen LogP contribution >= 0.6 is 0 Å². The molecule has 2 aromatic rings. The van der Waals surface area contributed by atoms with Gasteiger partial charge in [0.05, 0.1) is 0 Å². The van der Waals surface area contributed by atoms with Gasteiger partial charge in [-0.05, 0) is 43.9 Å². The van der Waals surface area contributed by atoms with Crippen molar-refractivity contribution in [2.24, 2.45) is 11.7 Å². The number of furan rings is 1. The van der Waals surface area contributed by atoms with E-state index in [0.717, 1.165) is 29.4 Å². The average Bonchev–Trinajstić information content (AvgIpc) is 2.82. The molecule has 1 heterocycles. The van der Waals surface area contributed by atoms with E-state index in [0.29, 0.717) is 24.6 Å². The molecule has 3 nitrogen and oxygen atoms in total. The fourth-order valence-electron chi connectivity index (χ4n) is 2.28. The topological polar surface area (TPSA) is 56.2 Å². The number of para-hydroxylation sites is 1. The first-order valence-corrected chi connectivity index (χ1v) is 6.84. The van der Waals surface area contributed by atoms with Crippen LogP contribution in [0.15, 0.2) is 28.7 Å². The second kappa shape index (κ2) is 6.02. The molecule has 0 amide bonds. The molecule has 0 radical (unpaired) electrons. The molecule has 0 aliphatic heterocycles. The first-order chi connectivity index (χ1) is 9.11. The Balaban J connectivity index is 2.07.